The molecule has 1 saturated carbocycles. The lowest BCUT2D eigenvalue weighted by Crippen LogP contribution is -2.48. The number of carbonyl (C=O) groups excluding carboxylic acids is 1. The number of benzene rings is 1. The molecule has 0 spiro atoms. The predicted octanol–water partition coefficient (Wildman–Crippen LogP) is 2.51. The number of amides is 2. The Balaban J connectivity index is 1.53. The molecule has 1 unspecified atom stereocenters. The van der Waals surface area contributed by atoms with Crippen molar-refractivity contribution in [1.82, 2.24) is 14.9 Å². The number of rotatable bonds is 6. The van der Waals surface area contributed by atoms with E-state index in [-0.39, 0.29) is 23.0 Å². The van der Waals surface area contributed by atoms with Gasteiger partial charge in [-0.2, -0.15) is 0 Å². The average Bonchev–Trinajstić information content (AvgIpc) is 3.14. The van der Waals surface area contributed by atoms with E-state index in [0.29, 0.717) is 5.69 Å². The fourth-order valence-electron chi connectivity index (χ4n) is 3.86. The quantitative estimate of drug-likeness (QED) is 0.691. The van der Waals surface area contributed by atoms with Gasteiger partial charge in [0.05, 0.1) is 4.90 Å². The van der Waals surface area contributed by atoms with Crippen LogP contribution in [0.15, 0.2) is 29.2 Å². The van der Waals surface area contributed by atoms with E-state index in [1.807, 2.05) is 0 Å². The number of anilines is 1. The maximum atomic E-state index is 12.4. The topological polar surface area (TPSA) is 90.5 Å². The fraction of sp³-hybridized carbons (Fsp3) is 0.632. The zero-order valence-electron chi connectivity index (χ0n) is 15.9. The van der Waals surface area contributed by atoms with Crippen LogP contribution >= 0.6 is 0 Å². The largest absolute Gasteiger partial charge is 0.334 e. The molecule has 0 radical (unpaired) electrons. The molecule has 3 rings (SSSR count). The fourth-order valence-corrected chi connectivity index (χ4v) is 5.17. The molecule has 7 nitrogen and oxygen atoms in total. The molecule has 27 heavy (non-hydrogen) atoms. The Bertz CT molecular complexity index is 730. The van der Waals surface area contributed by atoms with Gasteiger partial charge in [0.15, 0.2) is 0 Å². The van der Waals surface area contributed by atoms with Crippen molar-refractivity contribution in [2.45, 2.75) is 62.4 Å². The van der Waals surface area contributed by atoms with Gasteiger partial charge < -0.3 is 15.5 Å². The van der Waals surface area contributed by atoms with Crippen LogP contribution in [0.25, 0.3) is 0 Å². The van der Waals surface area contributed by atoms with Crippen LogP contribution in [-0.2, 0) is 10.0 Å². The van der Waals surface area contributed by atoms with Crippen molar-refractivity contribution in [2.75, 3.05) is 25.0 Å². The first-order chi connectivity index (χ1) is 13.0. The number of nitrogens with zero attached hydrogens (tertiary/aromatic N) is 1. The third-order valence-corrected chi connectivity index (χ3v) is 6.92. The number of likely N-dealkylation sites (N-methyl/N-ethyl adjacent to an activating group) is 1. The van der Waals surface area contributed by atoms with Gasteiger partial charge in [0.2, 0.25) is 10.0 Å². The van der Waals surface area contributed by atoms with Crippen LogP contribution in [0.5, 0.6) is 0 Å². The summed E-state index contributed by atoms with van der Waals surface area (Å²) in [5.41, 5.74) is 0.579. The highest BCUT2D eigenvalue weighted by Crippen LogP contribution is 2.21. The van der Waals surface area contributed by atoms with Crippen LogP contribution in [0.2, 0.25) is 0 Å². The average molecular weight is 395 g/mol. The van der Waals surface area contributed by atoms with Crippen LogP contribution in [0, 0.1) is 0 Å². The summed E-state index contributed by atoms with van der Waals surface area (Å²) < 4.78 is 27.6. The minimum atomic E-state index is -3.50. The van der Waals surface area contributed by atoms with Gasteiger partial charge in [-0.05, 0) is 63.0 Å². The van der Waals surface area contributed by atoms with Gasteiger partial charge in [-0.3, -0.25) is 0 Å². The summed E-state index contributed by atoms with van der Waals surface area (Å²) in [5.74, 6) is 0. The van der Waals surface area contributed by atoms with Gasteiger partial charge in [-0.15, -0.1) is 0 Å². The van der Waals surface area contributed by atoms with E-state index in [4.69, 9.17) is 0 Å². The first kappa shape index (κ1) is 20.1. The standard InChI is InChI=1S/C19H30N4O3S/c1-2-23-13-5-8-17(14-23)21-19(24)20-15-9-11-18(12-10-15)27(25,26)22-16-6-3-4-7-16/h9-12,16-17,22H,2-8,13-14H2,1H3,(H2,20,21,24). The third-order valence-electron chi connectivity index (χ3n) is 5.39. The maximum absolute atomic E-state index is 12.4. The minimum absolute atomic E-state index is 0.0387. The van der Waals surface area contributed by atoms with E-state index in [0.717, 1.165) is 58.2 Å². The van der Waals surface area contributed by atoms with Gasteiger partial charge in [-0.25, -0.2) is 17.9 Å². The van der Waals surface area contributed by atoms with E-state index in [9.17, 15) is 13.2 Å². The second-order valence-corrected chi connectivity index (χ2v) is 9.17. The summed E-state index contributed by atoms with van der Waals surface area (Å²) in [7, 11) is -3.50. The van der Waals surface area contributed by atoms with Crippen molar-refractivity contribution < 1.29 is 13.2 Å². The molecule has 2 fully saturated rings. The molecular formula is C19H30N4O3S. The Morgan fingerprint density at radius 1 is 1.07 bits per heavy atom. The van der Waals surface area contributed by atoms with Crippen LogP contribution < -0.4 is 15.4 Å². The molecule has 2 aliphatic rings. The SMILES string of the molecule is CCN1CCCC(NC(=O)Nc2ccc(S(=O)(=O)NC3CCCC3)cc2)C1. The van der Waals surface area contributed by atoms with E-state index >= 15 is 0 Å². The lowest BCUT2D eigenvalue weighted by Gasteiger charge is -2.32. The van der Waals surface area contributed by atoms with Crippen LogP contribution in [-0.4, -0.2) is 51.1 Å². The predicted molar refractivity (Wildman–Crippen MR) is 106 cm³/mol. The van der Waals surface area contributed by atoms with Crippen molar-refractivity contribution in [2.24, 2.45) is 0 Å². The number of carbonyl (C=O) groups is 1. The third kappa shape index (κ3) is 5.67. The van der Waals surface area contributed by atoms with Crippen LogP contribution in [0.4, 0.5) is 10.5 Å². The number of likely N-dealkylation sites (tertiary alicyclic amines) is 1. The summed E-state index contributed by atoms with van der Waals surface area (Å²) >= 11 is 0. The molecule has 1 saturated heterocycles. The second kappa shape index (κ2) is 9.03. The maximum Gasteiger partial charge on any atom is 0.319 e. The molecule has 8 heteroatoms. The van der Waals surface area contributed by atoms with Gasteiger partial charge in [0.25, 0.3) is 0 Å². The molecule has 0 bridgehead atoms. The molecule has 1 aliphatic carbocycles. The molecule has 3 N–H and O–H groups in total. The van der Waals surface area contributed by atoms with Crippen LogP contribution in [0.3, 0.4) is 0 Å². The lowest BCUT2D eigenvalue weighted by molar-refractivity contribution is 0.196. The van der Waals surface area contributed by atoms with Gasteiger partial charge >= 0.3 is 6.03 Å². The van der Waals surface area contributed by atoms with Crippen molar-refractivity contribution in [3.05, 3.63) is 24.3 Å². The molecule has 1 atom stereocenters. The molecule has 1 aromatic carbocycles. The number of urea groups is 1. The number of hydrogen-bond donors (Lipinski definition) is 3. The minimum Gasteiger partial charge on any atom is -0.334 e. The zero-order valence-corrected chi connectivity index (χ0v) is 16.7. The summed E-state index contributed by atoms with van der Waals surface area (Å²) in [5, 5.41) is 5.79. The number of hydrogen-bond acceptors (Lipinski definition) is 4. The summed E-state index contributed by atoms with van der Waals surface area (Å²) in [6.45, 7) is 5.07. The van der Waals surface area contributed by atoms with E-state index in [1.54, 1.807) is 12.1 Å². The smallest absolute Gasteiger partial charge is 0.319 e. The first-order valence-corrected chi connectivity index (χ1v) is 11.4. The first-order valence-electron chi connectivity index (χ1n) is 9.88. The normalized spacial score (nSPS) is 21.9. The van der Waals surface area contributed by atoms with Gasteiger partial charge in [0, 0.05) is 24.3 Å². The molecule has 0 aromatic heterocycles. The van der Waals surface area contributed by atoms with Gasteiger partial charge in [-0.1, -0.05) is 19.8 Å². The summed E-state index contributed by atoms with van der Waals surface area (Å²) in [4.78, 5) is 14.8. The number of sulfonamides is 1. The molecular weight excluding hydrogens is 364 g/mol. The Morgan fingerprint density at radius 2 is 1.74 bits per heavy atom. The summed E-state index contributed by atoms with van der Waals surface area (Å²) in [6.07, 6.45) is 6.00. The van der Waals surface area contributed by atoms with E-state index in [2.05, 4.69) is 27.2 Å². The molecule has 1 aromatic rings. The van der Waals surface area contributed by atoms with E-state index in [1.165, 1.54) is 12.1 Å². The van der Waals surface area contributed by atoms with Gasteiger partial charge in [0.1, 0.15) is 0 Å². The van der Waals surface area contributed by atoms with E-state index < -0.39 is 10.0 Å². The summed E-state index contributed by atoms with van der Waals surface area (Å²) in [6, 6.07) is 6.26. The highest BCUT2D eigenvalue weighted by Gasteiger charge is 2.23. The molecule has 1 heterocycles. The van der Waals surface area contributed by atoms with Crippen molar-refractivity contribution in [3.63, 3.8) is 0 Å². The Hall–Kier alpha value is -1.64. The Kier molecular flexibility index (Phi) is 6.73. The monoisotopic (exact) mass is 394 g/mol. The molecule has 1 aliphatic heterocycles. The van der Waals surface area contributed by atoms with Crippen molar-refractivity contribution in [3.8, 4) is 0 Å². The zero-order chi connectivity index (χ0) is 19.3. The Labute approximate surface area is 161 Å². The van der Waals surface area contributed by atoms with Crippen LogP contribution in [0.1, 0.15) is 45.4 Å². The number of nitrogens with one attached hydrogen (secondary N) is 3. The highest BCUT2D eigenvalue weighted by molar-refractivity contribution is 7.89. The van der Waals surface area contributed by atoms with Crippen molar-refractivity contribution >= 4 is 21.7 Å². The second-order valence-electron chi connectivity index (χ2n) is 7.46. The molecule has 150 valence electrons. The lowest BCUT2D eigenvalue weighted by atomic mass is 10.1. The number of piperidine rings is 1. The Morgan fingerprint density at radius 3 is 2.41 bits per heavy atom. The highest BCUT2D eigenvalue weighted by atomic mass is 32.2. The molecule has 2 amide bonds. The van der Waals surface area contributed by atoms with Crippen molar-refractivity contribution in [1.29, 1.82) is 0 Å².